The zero-order chi connectivity index (χ0) is 31.6. The summed E-state index contributed by atoms with van der Waals surface area (Å²) in [6.45, 7) is 0. The van der Waals surface area contributed by atoms with Crippen molar-refractivity contribution in [3.63, 3.8) is 0 Å². The highest BCUT2D eigenvalue weighted by molar-refractivity contribution is 7.95. The van der Waals surface area contributed by atoms with Crippen LogP contribution in [0, 0.1) is 0 Å². The number of carbonyl (C=O) groups is 1. The minimum atomic E-state index is -3.97. The molecule has 3 rings (SSSR count). The van der Waals surface area contributed by atoms with Crippen molar-refractivity contribution in [3.8, 4) is 40.2 Å². The van der Waals surface area contributed by atoms with Crippen molar-refractivity contribution in [2.45, 2.75) is 0 Å². The average molecular weight is 615 g/mol. The standard InChI is InChI=1S/C30H34N2O10S/c1-36-21-17-26(38-3)22(27(18-21)39-4)11-13-43(34,35)32-20-8-9-25(37-2)23(16-20)31-12-10-24(33)19-14-28(40-5)30(42-7)29(15-19)41-6/h8-18,31-32H,1-7H3/b12-10-,13-11+. The number of nitrogens with one attached hydrogen (secondary N) is 2. The van der Waals surface area contributed by atoms with E-state index in [1.807, 2.05) is 0 Å². The number of hydrogen-bond donors (Lipinski definition) is 2. The highest BCUT2D eigenvalue weighted by Gasteiger charge is 2.17. The van der Waals surface area contributed by atoms with Crippen LogP contribution in [0.1, 0.15) is 15.9 Å². The van der Waals surface area contributed by atoms with Crippen LogP contribution in [0.25, 0.3) is 6.08 Å². The van der Waals surface area contributed by atoms with Crippen molar-refractivity contribution >= 4 is 33.3 Å². The number of rotatable bonds is 15. The van der Waals surface area contributed by atoms with E-state index in [9.17, 15) is 13.2 Å². The maximum atomic E-state index is 12.9. The number of ketones is 1. The fourth-order valence-electron chi connectivity index (χ4n) is 3.96. The molecule has 12 nitrogen and oxygen atoms in total. The van der Waals surface area contributed by atoms with Crippen LogP contribution >= 0.6 is 0 Å². The van der Waals surface area contributed by atoms with Gasteiger partial charge in [-0.2, -0.15) is 0 Å². The third-order valence-corrected chi connectivity index (χ3v) is 7.06. The molecule has 0 spiro atoms. The first-order chi connectivity index (χ1) is 20.6. The van der Waals surface area contributed by atoms with E-state index < -0.39 is 10.0 Å². The van der Waals surface area contributed by atoms with Crippen molar-refractivity contribution in [2.24, 2.45) is 0 Å². The number of allylic oxidation sites excluding steroid dienone is 1. The molecule has 0 aliphatic heterocycles. The number of carbonyl (C=O) groups excluding carboxylic acids is 1. The Kier molecular flexibility index (Phi) is 11.1. The van der Waals surface area contributed by atoms with Gasteiger partial charge >= 0.3 is 0 Å². The van der Waals surface area contributed by atoms with Gasteiger partial charge in [0, 0.05) is 30.0 Å². The zero-order valence-corrected chi connectivity index (χ0v) is 25.7. The summed E-state index contributed by atoms with van der Waals surface area (Å²) < 4.78 is 65.6. The fourth-order valence-corrected chi connectivity index (χ4v) is 4.80. The molecule has 230 valence electrons. The SMILES string of the molecule is COc1cc(OC)c(/C=C/S(=O)(=O)Nc2ccc(OC)c(N/C=C\C(=O)c3cc(OC)c(OC)c(OC)c3)c2)c(OC)c1. The van der Waals surface area contributed by atoms with Crippen LogP contribution in [0.3, 0.4) is 0 Å². The molecule has 0 radical (unpaired) electrons. The normalized spacial score (nSPS) is 11.2. The largest absolute Gasteiger partial charge is 0.496 e. The molecule has 3 aromatic rings. The molecule has 0 bridgehead atoms. The molecule has 0 saturated carbocycles. The van der Waals surface area contributed by atoms with Crippen molar-refractivity contribution in [1.82, 2.24) is 0 Å². The monoisotopic (exact) mass is 614 g/mol. The molecule has 2 N–H and O–H groups in total. The summed E-state index contributed by atoms with van der Waals surface area (Å²) in [5.41, 5.74) is 1.36. The van der Waals surface area contributed by atoms with Gasteiger partial charge in [-0.05, 0) is 36.4 Å². The zero-order valence-electron chi connectivity index (χ0n) is 24.8. The van der Waals surface area contributed by atoms with Crippen LogP contribution < -0.4 is 43.2 Å². The second kappa shape index (κ2) is 14.7. The van der Waals surface area contributed by atoms with E-state index in [0.29, 0.717) is 57.1 Å². The number of methoxy groups -OCH3 is 7. The quantitative estimate of drug-likeness (QED) is 0.177. The summed E-state index contributed by atoms with van der Waals surface area (Å²) in [6, 6.07) is 10.9. The van der Waals surface area contributed by atoms with Crippen LogP contribution in [-0.2, 0) is 10.0 Å². The Bertz CT molecular complexity index is 1570. The van der Waals surface area contributed by atoms with Gasteiger partial charge in [-0.3, -0.25) is 9.52 Å². The molecule has 0 atom stereocenters. The molecule has 0 aliphatic rings. The van der Waals surface area contributed by atoms with E-state index >= 15 is 0 Å². The minimum absolute atomic E-state index is 0.242. The molecule has 0 aliphatic carbocycles. The van der Waals surface area contributed by atoms with Gasteiger partial charge in [-0.15, -0.1) is 0 Å². The summed E-state index contributed by atoms with van der Waals surface area (Å²) in [5, 5.41) is 3.95. The molecular formula is C30H34N2O10S. The van der Waals surface area contributed by atoms with Crippen molar-refractivity contribution in [1.29, 1.82) is 0 Å². The lowest BCUT2D eigenvalue weighted by Gasteiger charge is -2.13. The van der Waals surface area contributed by atoms with Crippen LogP contribution in [0.2, 0.25) is 0 Å². The smallest absolute Gasteiger partial charge is 0.255 e. The van der Waals surface area contributed by atoms with Gasteiger partial charge in [-0.1, -0.05) is 0 Å². The first-order valence-corrected chi connectivity index (χ1v) is 14.1. The summed E-state index contributed by atoms with van der Waals surface area (Å²) in [7, 11) is 6.29. The van der Waals surface area contributed by atoms with Crippen molar-refractivity contribution in [2.75, 3.05) is 59.8 Å². The second-order valence-corrected chi connectivity index (χ2v) is 10.1. The second-order valence-electron chi connectivity index (χ2n) is 8.57. The van der Waals surface area contributed by atoms with Gasteiger partial charge in [-0.25, -0.2) is 8.42 Å². The number of hydrogen-bond acceptors (Lipinski definition) is 11. The number of sulfonamides is 1. The molecule has 0 unspecified atom stereocenters. The maximum Gasteiger partial charge on any atom is 0.255 e. The molecule has 3 aromatic carbocycles. The van der Waals surface area contributed by atoms with Crippen LogP contribution in [0.5, 0.6) is 40.2 Å². The predicted molar refractivity (Wildman–Crippen MR) is 164 cm³/mol. The topological polar surface area (TPSA) is 140 Å². The van der Waals surface area contributed by atoms with E-state index in [-0.39, 0.29) is 11.5 Å². The van der Waals surface area contributed by atoms with Gasteiger partial charge in [0.05, 0.1) is 72.1 Å². The van der Waals surface area contributed by atoms with Gasteiger partial charge in [0.25, 0.3) is 10.0 Å². The van der Waals surface area contributed by atoms with Gasteiger partial charge in [0.15, 0.2) is 17.3 Å². The van der Waals surface area contributed by atoms with Crippen LogP contribution in [-0.4, -0.2) is 64.0 Å². The number of anilines is 2. The van der Waals surface area contributed by atoms with E-state index in [1.54, 1.807) is 18.2 Å². The fraction of sp³-hybridized carbons (Fsp3) is 0.233. The molecular weight excluding hydrogens is 580 g/mol. The Hall–Kier alpha value is -5.04. The summed E-state index contributed by atoms with van der Waals surface area (Å²) in [5.74, 6) is 2.33. The van der Waals surface area contributed by atoms with E-state index in [0.717, 1.165) is 5.41 Å². The average Bonchev–Trinajstić information content (AvgIpc) is 3.02. The maximum absolute atomic E-state index is 12.9. The molecule has 0 amide bonds. The summed E-state index contributed by atoms with van der Waals surface area (Å²) in [6.07, 6.45) is 4.07. The predicted octanol–water partition coefficient (Wildman–Crippen LogP) is 4.97. The van der Waals surface area contributed by atoms with Crippen LogP contribution in [0.4, 0.5) is 11.4 Å². The third kappa shape index (κ3) is 8.04. The molecule has 0 fully saturated rings. The van der Waals surface area contributed by atoms with Gasteiger partial charge < -0.3 is 38.5 Å². The van der Waals surface area contributed by atoms with E-state index in [1.165, 1.54) is 92.4 Å². The van der Waals surface area contributed by atoms with Crippen molar-refractivity contribution < 1.29 is 46.4 Å². The lowest BCUT2D eigenvalue weighted by Crippen LogP contribution is -2.09. The Balaban J connectivity index is 1.81. The number of ether oxygens (including phenoxy) is 7. The Labute approximate surface area is 250 Å². The molecule has 0 saturated heterocycles. The molecule has 0 aromatic heterocycles. The Morgan fingerprint density at radius 2 is 1.28 bits per heavy atom. The lowest BCUT2D eigenvalue weighted by atomic mass is 10.1. The highest BCUT2D eigenvalue weighted by atomic mass is 32.2. The summed E-state index contributed by atoms with van der Waals surface area (Å²) >= 11 is 0. The Morgan fingerprint density at radius 3 is 1.79 bits per heavy atom. The van der Waals surface area contributed by atoms with Gasteiger partial charge in [0.2, 0.25) is 5.75 Å². The first kappa shape index (κ1) is 32.5. The van der Waals surface area contributed by atoms with E-state index in [4.69, 9.17) is 33.2 Å². The van der Waals surface area contributed by atoms with Crippen molar-refractivity contribution in [3.05, 3.63) is 71.3 Å². The third-order valence-electron chi connectivity index (χ3n) is 6.05. The first-order valence-electron chi connectivity index (χ1n) is 12.6. The van der Waals surface area contributed by atoms with E-state index in [2.05, 4.69) is 10.0 Å². The highest BCUT2D eigenvalue weighted by Crippen LogP contribution is 2.38. The minimum Gasteiger partial charge on any atom is -0.496 e. The molecule has 13 heteroatoms. The lowest BCUT2D eigenvalue weighted by molar-refractivity contribution is 0.104. The Morgan fingerprint density at radius 1 is 0.698 bits per heavy atom. The molecule has 0 heterocycles. The molecule has 43 heavy (non-hydrogen) atoms. The van der Waals surface area contributed by atoms with Crippen LogP contribution in [0.15, 0.2) is 60.1 Å². The van der Waals surface area contributed by atoms with Gasteiger partial charge in [0.1, 0.15) is 23.0 Å². The number of benzene rings is 3. The summed E-state index contributed by atoms with van der Waals surface area (Å²) in [4.78, 5) is 12.9.